The van der Waals surface area contributed by atoms with Gasteiger partial charge < -0.3 is 33.9 Å². The van der Waals surface area contributed by atoms with Crippen LogP contribution in [0.15, 0.2) is 0 Å². The zero-order chi connectivity index (χ0) is 29.3. The maximum absolute atomic E-state index is 12.8. The number of esters is 3. The molecule has 2 aliphatic rings. The molecule has 40 heavy (non-hydrogen) atoms. The number of aliphatic carboxylic acids is 1. The largest absolute Gasteiger partial charge is 0.481 e. The Balaban J connectivity index is 2.34. The van der Waals surface area contributed by atoms with Crippen LogP contribution in [0.4, 0.5) is 0 Å². The molecule has 11 nitrogen and oxygen atoms in total. The zero-order valence-electron chi connectivity index (χ0n) is 24.1. The van der Waals surface area contributed by atoms with E-state index in [-0.39, 0.29) is 19.1 Å². The molecule has 0 aromatic rings. The lowest BCUT2D eigenvalue weighted by molar-refractivity contribution is -0.317. The predicted molar refractivity (Wildman–Crippen MR) is 143 cm³/mol. The van der Waals surface area contributed by atoms with E-state index in [1.807, 2.05) is 0 Å². The quantitative estimate of drug-likeness (QED) is 0.167. The molecule has 2 N–H and O–H groups in total. The zero-order valence-corrected chi connectivity index (χ0v) is 24.1. The van der Waals surface area contributed by atoms with Gasteiger partial charge in [0, 0.05) is 13.3 Å². The van der Waals surface area contributed by atoms with Crippen molar-refractivity contribution in [3.05, 3.63) is 0 Å². The van der Waals surface area contributed by atoms with Crippen molar-refractivity contribution in [1.29, 1.82) is 0 Å². The SMILES string of the molecule is CCCCCC[C@@H]1CCCCCCCCCCC(=O)O[C@H]2[C@H](O1)O[C@H](COC(C)=O)[C@@H](O)[C@@H]2OC(=O)CC(=O)O. The van der Waals surface area contributed by atoms with Gasteiger partial charge in [0.2, 0.25) is 0 Å². The first-order valence-corrected chi connectivity index (χ1v) is 14.9. The number of carboxylic acids is 1. The maximum atomic E-state index is 12.8. The lowest BCUT2D eigenvalue weighted by Crippen LogP contribution is -2.62. The van der Waals surface area contributed by atoms with Gasteiger partial charge in [-0.1, -0.05) is 77.6 Å². The van der Waals surface area contributed by atoms with Crippen LogP contribution in [-0.2, 0) is 42.9 Å². The highest BCUT2D eigenvalue weighted by molar-refractivity contribution is 5.90. The summed E-state index contributed by atoms with van der Waals surface area (Å²) in [5, 5.41) is 20.1. The minimum atomic E-state index is -1.57. The first kappa shape index (κ1) is 34.0. The van der Waals surface area contributed by atoms with E-state index in [9.17, 15) is 24.3 Å². The first-order chi connectivity index (χ1) is 19.2. The van der Waals surface area contributed by atoms with Crippen molar-refractivity contribution in [2.24, 2.45) is 0 Å². The Morgan fingerprint density at radius 2 is 1.62 bits per heavy atom. The summed E-state index contributed by atoms with van der Waals surface area (Å²) in [4.78, 5) is 47.8. The van der Waals surface area contributed by atoms with Crippen molar-refractivity contribution >= 4 is 23.9 Å². The minimum Gasteiger partial charge on any atom is -0.481 e. The highest BCUT2D eigenvalue weighted by atomic mass is 16.7. The number of carboxylic acid groups (broad SMARTS) is 1. The van der Waals surface area contributed by atoms with E-state index in [1.165, 1.54) is 6.92 Å². The standard InChI is InChI=1S/C29H48O11/c1-3-4-5-12-15-21-16-13-10-8-6-7-9-11-14-17-24(33)39-28-27(40-25(34)18-23(31)32)26(35)22(19-36-20(2)30)38-29(28)37-21/h21-22,26-29,35H,3-19H2,1-2H3,(H,31,32)/t21-,22-,26-,27+,28-,29-/m1/s1. The number of aliphatic hydroxyl groups is 1. The van der Waals surface area contributed by atoms with Gasteiger partial charge in [-0.15, -0.1) is 0 Å². The average Bonchev–Trinajstić information content (AvgIpc) is 2.88. The highest BCUT2D eigenvalue weighted by Crippen LogP contribution is 2.31. The Bertz CT molecular complexity index is 786. The monoisotopic (exact) mass is 572 g/mol. The first-order valence-electron chi connectivity index (χ1n) is 14.9. The molecule has 0 bridgehead atoms. The summed E-state index contributed by atoms with van der Waals surface area (Å²) >= 11 is 0. The summed E-state index contributed by atoms with van der Waals surface area (Å²) in [6, 6.07) is 0. The Morgan fingerprint density at radius 1 is 0.950 bits per heavy atom. The van der Waals surface area contributed by atoms with E-state index in [0.717, 1.165) is 83.5 Å². The Morgan fingerprint density at radius 3 is 2.27 bits per heavy atom. The van der Waals surface area contributed by atoms with Crippen LogP contribution < -0.4 is 0 Å². The number of aliphatic hydroxyl groups excluding tert-OH is 1. The molecule has 0 aromatic carbocycles. The van der Waals surface area contributed by atoms with Gasteiger partial charge in [0.25, 0.3) is 0 Å². The van der Waals surface area contributed by atoms with Crippen LogP contribution in [0.3, 0.4) is 0 Å². The van der Waals surface area contributed by atoms with Crippen molar-refractivity contribution in [1.82, 2.24) is 0 Å². The highest BCUT2D eigenvalue weighted by Gasteiger charge is 2.51. The molecule has 2 rings (SSSR count). The Hall–Kier alpha value is -2.24. The third-order valence-electron chi connectivity index (χ3n) is 7.26. The summed E-state index contributed by atoms with van der Waals surface area (Å²) in [5.41, 5.74) is 0. The molecule has 0 spiro atoms. The fourth-order valence-corrected chi connectivity index (χ4v) is 5.10. The summed E-state index contributed by atoms with van der Waals surface area (Å²) in [6.07, 6.45) is 5.82. The predicted octanol–water partition coefficient (Wildman–Crippen LogP) is 4.20. The number of hydrogen-bond donors (Lipinski definition) is 2. The van der Waals surface area contributed by atoms with Crippen molar-refractivity contribution < 1.29 is 53.1 Å². The van der Waals surface area contributed by atoms with Crippen LogP contribution in [-0.4, -0.2) is 77.5 Å². The molecule has 2 aliphatic heterocycles. The number of carbonyl (C=O) groups is 4. The van der Waals surface area contributed by atoms with Gasteiger partial charge in [0.05, 0.1) is 6.10 Å². The second kappa shape index (κ2) is 19.0. The number of fused-ring (bicyclic) bond motifs is 1. The number of ether oxygens (including phenoxy) is 5. The molecule has 0 aromatic heterocycles. The maximum Gasteiger partial charge on any atom is 0.317 e. The molecule has 2 saturated heterocycles. The molecule has 0 saturated carbocycles. The van der Waals surface area contributed by atoms with Crippen LogP contribution in [0.2, 0.25) is 0 Å². The van der Waals surface area contributed by atoms with E-state index in [0.29, 0.717) is 6.42 Å². The van der Waals surface area contributed by atoms with Crippen molar-refractivity contribution in [3.8, 4) is 0 Å². The molecule has 0 radical (unpaired) electrons. The van der Waals surface area contributed by atoms with Gasteiger partial charge in [0.1, 0.15) is 25.2 Å². The summed E-state index contributed by atoms with van der Waals surface area (Å²) < 4.78 is 28.6. The number of carbonyl (C=O) groups excluding carboxylic acids is 3. The molecular weight excluding hydrogens is 524 g/mol. The van der Waals surface area contributed by atoms with Crippen molar-refractivity contribution in [2.45, 2.75) is 153 Å². The van der Waals surface area contributed by atoms with Gasteiger partial charge in [-0.2, -0.15) is 0 Å². The van der Waals surface area contributed by atoms with Crippen LogP contribution in [0, 0.1) is 0 Å². The van der Waals surface area contributed by atoms with Crippen LogP contribution in [0.1, 0.15) is 117 Å². The number of rotatable bonds is 10. The van der Waals surface area contributed by atoms with Gasteiger partial charge in [0.15, 0.2) is 18.5 Å². The molecule has 0 amide bonds. The number of unbranched alkanes of at least 4 members (excludes halogenated alkanes) is 3. The van der Waals surface area contributed by atoms with E-state index in [2.05, 4.69) is 6.92 Å². The van der Waals surface area contributed by atoms with Gasteiger partial charge in [-0.25, -0.2) is 0 Å². The van der Waals surface area contributed by atoms with Crippen molar-refractivity contribution in [3.63, 3.8) is 0 Å². The van der Waals surface area contributed by atoms with Crippen LogP contribution in [0.5, 0.6) is 0 Å². The van der Waals surface area contributed by atoms with Gasteiger partial charge in [-0.05, 0) is 19.3 Å². The lowest BCUT2D eigenvalue weighted by Gasteiger charge is -2.44. The van der Waals surface area contributed by atoms with Gasteiger partial charge >= 0.3 is 23.9 Å². The molecule has 230 valence electrons. The third-order valence-corrected chi connectivity index (χ3v) is 7.26. The molecule has 6 atom stereocenters. The van der Waals surface area contributed by atoms with E-state index >= 15 is 0 Å². The fraction of sp³-hybridized carbons (Fsp3) is 0.862. The van der Waals surface area contributed by atoms with Crippen LogP contribution in [0.25, 0.3) is 0 Å². The van der Waals surface area contributed by atoms with E-state index < -0.39 is 61.0 Å². The van der Waals surface area contributed by atoms with Crippen molar-refractivity contribution in [2.75, 3.05) is 6.61 Å². The van der Waals surface area contributed by atoms with Gasteiger partial charge in [-0.3, -0.25) is 19.2 Å². The average molecular weight is 573 g/mol. The summed E-state index contributed by atoms with van der Waals surface area (Å²) in [7, 11) is 0. The Labute approximate surface area is 237 Å². The molecular formula is C29H48O11. The molecule has 0 unspecified atom stereocenters. The van der Waals surface area contributed by atoms with E-state index in [1.54, 1.807) is 0 Å². The molecule has 0 aliphatic carbocycles. The van der Waals surface area contributed by atoms with Crippen LogP contribution >= 0.6 is 0 Å². The minimum absolute atomic E-state index is 0.131. The topological polar surface area (TPSA) is 155 Å². The molecule has 2 heterocycles. The lowest BCUT2D eigenvalue weighted by atomic mass is 9.97. The van der Waals surface area contributed by atoms with E-state index in [4.69, 9.17) is 28.8 Å². The summed E-state index contributed by atoms with van der Waals surface area (Å²) in [6.45, 7) is 2.99. The fourth-order valence-electron chi connectivity index (χ4n) is 5.10. The smallest absolute Gasteiger partial charge is 0.317 e. The molecule has 2 fully saturated rings. The third kappa shape index (κ3) is 13.0. The second-order valence-electron chi connectivity index (χ2n) is 10.8. The normalized spacial score (nSPS) is 29.0. The second-order valence-corrected chi connectivity index (χ2v) is 10.8. The molecule has 11 heteroatoms. The number of hydrogen-bond acceptors (Lipinski definition) is 10. The summed E-state index contributed by atoms with van der Waals surface area (Å²) in [5.74, 6) is -3.67. The Kier molecular flexibility index (Phi) is 16.1.